The van der Waals surface area contributed by atoms with E-state index in [1.807, 2.05) is 12.1 Å². The molecule has 0 aliphatic heterocycles. The molecule has 0 heterocycles. The summed E-state index contributed by atoms with van der Waals surface area (Å²) in [5, 5.41) is 0. The number of carbonyl (C=O) groups excluding carboxylic acids is 1. The first-order valence-corrected chi connectivity index (χ1v) is 7.54. The molecule has 2 heteroatoms. The Morgan fingerprint density at radius 2 is 1.57 bits per heavy atom. The van der Waals surface area contributed by atoms with E-state index in [2.05, 4.69) is 55.5 Å². The van der Waals surface area contributed by atoms with Crippen LogP contribution >= 0.6 is 0 Å². The third kappa shape index (κ3) is 4.75. The van der Waals surface area contributed by atoms with Crippen LogP contribution in [0.4, 0.5) is 0 Å². The summed E-state index contributed by atoms with van der Waals surface area (Å²) in [6.07, 6.45) is 2.49. The summed E-state index contributed by atoms with van der Waals surface area (Å²) in [5.74, 6) is 0.399. The first-order chi connectivity index (χ1) is 10.2. The van der Waals surface area contributed by atoms with Gasteiger partial charge in [-0.1, -0.05) is 67.6 Å². The first-order valence-electron chi connectivity index (χ1n) is 7.54. The van der Waals surface area contributed by atoms with E-state index in [4.69, 9.17) is 5.73 Å². The SMILES string of the molecule is CC(CC(N)=O)C(CCc1ccccc1)c1ccccc1. The minimum atomic E-state index is -0.219. The quantitative estimate of drug-likeness (QED) is 0.821. The molecule has 1 amide bonds. The number of amides is 1. The van der Waals surface area contributed by atoms with Crippen molar-refractivity contribution in [3.63, 3.8) is 0 Å². The van der Waals surface area contributed by atoms with E-state index in [0.717, 1.165) is 12.8 Å². The number of aryl methyl sites for hydroxylation is 1. The van der Waals surface area contributed by atoms with Crippen molar-refractivity contribution in [2.45, 2.75) is 32.1 Å². The van der Waals surface area contributed by atoms with Crippen molar-refractivity contribution in [1.29, 1.82) is 0 Å². The van der Waals surface area contributed by atoms with E-state index >= 15 is 0 Å². The highest BCUT2D eigenvalue weighted by atomic mass is 16.1. The topological polar surface area (TPSA) is 43.1 Å². The fourth-order valence-electron chi connectivity index (χ4n) is 2.91. The van der Waals surface area contributed by atoms with Crippen molar-refractivity contribution >= 4 is 5.91 Å². The van der Waals surface area contributed by atoms with Gasteiger partial charge in [-0.2, -0.15) is 0 Å². The zero-order chi connectivity index (χ0) is 15.1. The number of rotatable bonds is 7. The number of nitrogens with two attached hydrogens (primary N) is 1. The van der Waals surface area contributed by atoms with Crippen LogP contribution in [0, 0.1) is 5.92 Å². The molecule has 2 aromatic carbocycles. The number of hydrogen-bond donors (Lipinski definition) is 1. The van der Waals surface area contributed by atoms with Crippen LogP contribution in [-0.4, -0.2) is 5.91 Å². The van der Waals surface area contributed by atoms with Gasteiger partial charge in [0.1, 0.15) is 0 Å². The molecular weight excluding hydrogens is 258 g/mol. The predicted molar refractivity (Wildman–Crippen MR) is 86.9 cm³/mol. The van der Waals surface area contributed by atoms with Gasteiger partial charge in [0.05, 0.1) is 0 Å². The Balaban J connectivity index is 2.10. The Morgan fingerprint density at radius 3 is 2.14 bits per heavy atom. The van der Waals surface area contributed by atoms with Gasteiger partial charge in [0, 0.05) is 6.42 Å². The second kappa shape index (κ2) is 7.63. The van der Waals surface area contributed by atoms with E-state index in [9.17, 15) is 4.79 Å². The normalized spacial score (nSPS) is 13.6. The van der Waals surface area contributed by atoms with E-state index in [1.54, 1.807) is 0 Å². The average Bonchev–Trinajstić information content (AvgIpc) is 2.49. The van der Waals surface area contributed by atoms with Crippen LogP contribution in [0.5, 0.6) is 0 Å². The maximum Gasteiger partial charge on any atom is 0.217 e. The number of carbonyl (C=O) groups is 1. The Hall–Kier alpha value is -2.09. The minimum Gasteiger partial charge on any atom is -0.370 e. The van der Waals surface area contributed by atoms with E-state index in [1.165, 1.54) is 11.1 Å². The van der Waals surface area contributed by atoms with Crippen molar-refractivity contribution in [3.8, 4) is 0 Å². The lowest BCUT2D eigenvalue weighted by Crippen LogP contribution is -2.20. The lowest BCUT2D eigenvalue weighted by Gasteiger charge is -2.24. The van der Waals surface area contributed by atoms with Crippen molar-refractivity contribution in [2.24, 2.45) is 11.7 Å². The number of hydrogen-bond acceptors (Lipinski definition) is 1. The summed E-state index contributed by atoms with van der Waals surface area (Å²) in [7, 11) is 0. The molecule has 21 heavy (non-hydrogen) atoms. The van der Waals surface area contributed by atoms with Gasteiger partial charge in [-0.3, -0.25) is 4.79 Å². The fraction of sp³-hybridized carbons (Fsp3) is 0.316. The third-order valence-electron chi connectivity index (χ3n) is 4.02. The molecule has 0 saturated heterocycles. The van der Waals surface area contributed by atoms with Crippen LogP contribution in [0.25, 0.3) is 0 Å². The molecule has 0 radical (unpaired) electrons. The molecule has 2 N–H and O–H groups in total. The molecule has 0 saturated carbocycles. The highest BCUT2D eigenvalue weighted by molar-refractivity contribution is 5.74. The predicted octanol–water partition coefficient (Wildman–Crippen LogP) is 3.91. The maximum absolute atomic E-state index is 11.2. The molecule has 0 aliphatic carbocycles. The summed E-state index contributed by atoms with van der Waals surface area (Å²) >= 11 is 0. The molecule has 0 aliphatic rings. The van der Waals surface area contributed by atoms with E-state index in [-0.39, 0.29) is 11.8 Å². The summed E-state index contributed by atoms with van der Waals surface area (Å²) in [6, 6.07) is 20.9. The maximum atomic E-state index is 11.2. The van der Waals surface area contributed by atoms with Crippen molar-refractivity contribution < 1.29 is 4.79 Å². The van der Waals surface area contributed by atoms with Crippen LogP contribution in [0.15, 0.2) is 60.7 Å². The second-order valence-electron chi connectivity index (χ2n) is 5.69. The molecule has 2 unspecified atom stereocenters. The average molecular weight is 281 g/mol. The summed E-state index contributed by atoms with van der Waals surface area (Å²) in [5.41, 5.74) is 8.01. The molecule has 110 valence electrons. The highest BCUT2D eigenvalue weighted by Gasteiger charge is 2.20. The Morgan fingerprint density at radius 1 is 1.00 bits per heavy atom. The van der Waals surface area contributed by atoms with Crippen molar-refractivity contribution in [1.82, 2.24) is 0 Å². The van der Waals surface area contributed by atoms with E-state index < -0.39 is 0 Å². The zero-order valence-electron chi connectivity index (χ0n) is 12.5. The molecule has 2 aromatic rings. The first kappa shape index (κ1) is 15.3. The van der Waals surface area contributed by atoms with Gasteiger partial charge in [-0.25, -0.2) is 0 Å². The molecule has 0 spiro atoms. The standard InChI is InChI=1S/C19H23NO/c1-15(14-19(20)21)18(17-10-6-3-7-11-17)13-12-16-8-4-2-5-9-16/h2-11,15,18H,12-14H2,1H3,(H2,20,21). The van der Waals surface area contributed by atoms with Crippen LogP contribution in [0.3, 0.4) is 0 Å². The molecule has 2 rings (SSSR count). The molecular formula is C19H23NO. The van der Waals surface area contributed by atoms with Gasteiger partial charge < -0.3 is 5.73 Å². The van der Waals surface area contributed by atoms with Gasteiger partial charge in [0.15, 0.2) is 0 Å². The minimum absolute atomic E-state index is 0.219. The van der Waals surface area contributed by atoms with Crippen LogP contribution < -0.4 is 5.73 Å². The summed E-state index contributed by atoms with van der Waals surface area (Å²) < 4.78 is 0. The Labute approximate surface area is 127 Å². The monoisotopic (exact) mass is 281 g/mol. The lowest BCUT2D eigenvalue weighted by atomic mass is 9.81. The van der Waals surface area contributed by atoms with Crippen molar-refractivity contribution in [3.05, 3.63) is 71.8 Å². The van der Waals surface area contributed by atoms with Gasteiger partial charge in [0.25, 0.3) is 0 Å². The fourth-order valence-corrected chi connectivity index (χ4v) is 2.91. The molecule has 0 aromatic heterocycles. The zero-order valence-corrected chi connectivity index (χ0v) is 12.5. The molecule has 0 fully saturated rings. The molecule has 0 bridgehead atoms. The number of benzene rings is 2. The second-order valence-corrected chi connectivity index (χ2v) is 5.69. The van der Waals surface area contributed by atoms with Gasteiger partial charge in [-0.05, 0) is 35.8 Å². The van der Waals surface area contributed by atoms with Gasteiger partial charge in [0.2, 0.25) is 5.91 Å². The van der Waals surface area contributed by atoms with Crippen LogP contribution in [-0.2, 0) is 11.2 Å². The van der Waals surface area contributed by atoms with Crippen molar-refractivity contribution in [2.75, 3.05) is 0 Å². The lowest BCUT2D eigenvalue weighted by molar-refractivity contribution is -0.118. The van der Waals surface area contributed by atoms with Crippen LogP contribution in [0.1, 0.15) is 36.8 Å². The third-order valence-corrected chi connectivity index (χ3v) is 4.02. The smallest absolute Gasteiger partial charge is 0.217 e. The largest absolute Gasteiger partial charge is 0.370 e. The summed E-state index contributed by atoms with van der Waals surface area (Å²) in [6.45, 7) is 2.12. The van der Waals surface area contributed by atoms with Gasteiger partial charge in [-0.15, -0.1) is 0 Å². The molecule has 2 nitrogen and oxygen atoms in total. The highest BCUT2D eigenvalue weighted by Crippen LogP contribution is 2.31. The van der Waals surface area contributed by atoms with Crippen LogP contribution in [0.2, 0.25) is 0 Å². The Bertz CT molecular complexity index is 550. The molecule has 2 atom stereocenters. The van der Waals surface area contributed by atoms with Gasteiger partial charge >= 0.3 is 0 Å². The Kier molecular flexibility index (Phi) is 5.56. The van der Waals surface area contributed by atoms with E-state index in [0.29, 0.717) is 12.3 Å². The number of primary amides is 1. The summed E-state index contributed by atoms with van der Waals surface area (Å²) in [4.78, 5) is 11.2.